The molecular formula is C20H24N2O. The molecule has 3 nitrogen and oxygen atoms in total. The number of rotatable bonds is 5. The predicted molar refractivity (Wildman–Crippen MR) is 94.6 cm³/mol. The first-order valence-electron chi connectivity index (χ1n) is 8.12. The first-order chi connectivity index (χ1) is 11.0. The largest absolute Gasteiger partial charge is 0.309 e. The fourth-order valence-electron chi connectivity index (χ4n) is 3.31. The molecule has 0 bridgehead atoms. The summed E-state index contributed by atoms with van der Waals surface area (Å²) in [6.07, 6.45) is 0.834. The van der Waals surface area contributed by atoms with Crippen LogP contribution in [0.1, 0.15) is 24.5 Å². The van der Waals surface area contributed by atoms with Gasteiger partial charge in [0, 0.05) is 5.69 Å². The minimum absolute atomic E-state index is 0.212. The molecule has 0 radical (unpaired) electrons. The third-order valence-corrected chi connectivity index (χ3v) is 4.75. The number of hydrogen-bond donors (Lipinski definition) is 0. The van der Waals surface area contributed by atoms with E-state index in [0.29, 0.717) is 6.54 Å². The molecule has 0 aromatic heterocycles. The van der Waals surface area contributed by atoms with Crippen LogP contribution in [0, 0.1) is 0 Å². The lowest BCUT2D eigenvalue weighted by atomic mass is 9.80. The van der Waals surface area contributed by atoms with Crippen molar-refractivity contribution in [1.82, 2.24) is 4.90 Å². The second-order valence-electron chi connectivity index (χ2n) is 6.78. The highest BCUT2D eigenvalue weighted by Crippen LogP contribution is 2.44. The summed E-state index contributed by atoms with van der Waals surface area (Å²) in [5.74, 6) is 0.212. The van der Waals surface area contributed by atoms with Crippen molar-refractivity contribution in [3.05, 3.63) is 65.7 Å². The van der Waals surface area contributed by atoms with Crippen LogP contribution in [0.5, 0.6) is 0 Å². The quantitative estimate of drug-likeness (QED) is 0.845. The highest BCUT2D eigenvalue weighted by Gasteiger charge is 2.46. The van der Waals surface area contributed by atoms with E-state index in [-0.39, 0.29) is 5.91 Å². The molecule has 3 heteroatoms. The van der Waals surface area contributed by atoms with Crippen LogP contribution in [0.2, 0.25) is 0 Å². The molecule has 1 aliphatic rings. The average molecular weight is 308 g/mol. The zero-order valence-corrected chi connectivity index (χ0v) is 14.1. The van der Waals surface area contributed by atoms with Crippen molar-refractivity contribution in [2.45, 2.75) is 25.3 Å². The number of benzene rings is 2. The predicted octanol–water partition coefficient (Wildman–Crippen LogP) is 3.44. The smallest absolute Gasteiger partial charge is 0.237 e. The Kier molecular flexibility index (Phi) is 4.22. The topological polar surface area (TPSA) is 23.6 Å². The Morgan fingerprint density at radius 3 is 2.35 bits per heavy atom. The molecule has 1 amide bonds. The van der Waals surface area contributed by atoms with E-state index in [1.807, 2.05) is 35.2 Å². The molecule has 0 N–H and O–H groups in total. The first-order valence-corrected chi connectivity index (χ1v) is 8.12. The summed E-state index contributed by atoms with van der Waals surface area (Å²) in [5, 5.41) is 0. The van der Waals surface area contributed by atoms with Crippen LogP contribution in [0.25, 0.3) is 0 Å². The molecule has 0 saturated carbocycles. The fraction of sp³-hybridized carbons (Fsp3) is 0.350. The van der Waals surface area contributed by atoms with Gasteiger partial charge in [0.05, 0.1) is 12.0 Å². The number of carbonyl (C=O) groups is 1. The van der Waals surface area contributed by atoms with Gasteiger partial charge >= 0.3 is 0 Å². The Morgan fingerprint density at radius 2 is 1.65 bits per heavy atom. The van der Waals surface area contributed by atoms with Crippen LogP contribution in [-0.2, 0) is 16.8 Å². The Bertz CT molecular complexity index is 696. The van der Waals surface area contributed by atoms with E-state index in [0.717, 1.165) is 29.8 Å². The number of carbonyl (C=O) groups excluding carboxylic acids is 1. The summed E-state index contributed by atoms with van der Waals surface area (Å²) in [5.41, 5.74) is 2.94. The van der Waals surface area contributed by atoms with Crippen molar-refractivity contribution in [3.8, 4) is 0 Å². The van der Waals surface area contributed by atoms with Gasteiger partial charge in [-0.25, -0.2) is 0 Å². The summed E-state index contributed by atoms with van der Waals surface area (Å²) in [6, 6.07) is 18.4. The van der Waals surface area contributed by atoms with Crippen molar-refractivity contribution in [2.75, 3.05) is 25.5 Å². The van der Waals surface area contributed by atoms with Gasteiger partial charge in [0.1, 0.15) is 0 Å². The molecule has 23 heavy (non-hydrogen) atoms. The first kappa shape index (κ1) is 15.8. The highest BCUT2D eigenvalue weighted by atomic mass is 16.2. The SMILES string of the molecule is CN(C)CCC1(C)C(=O)N(Cc2ccccc2)c2ccccc21. The van der Waals surface area contributed by atoms with E-state index in [2.05, 4.69) is 50.2 Å². The van der Waals surface area contributed by atoms with Gasteiger partial charge in [0.15, 0.2) is 0 Å². The zero-order valence-electron chi connectivity index (χ0n) is 14.1. The van der Waals surface area contributed by atoms with E-state index >= 15 is 0 Å². The Morgan fingerprint density at radius 1 is 1.00 bits per heavy atom. The molecule has 0 saturated heterocycles. The molecule has 120 valence electrons. The van der Waals surface area contributed by atoms with Crippen LogP contribution >= 0.6 is 0 Å². The van der Waals surface area contributed by atoms with Crippen molar-refractivity contribution < 1.29 is 4.79 Å². The van der Waals surface area contributed by atoms with E-state index in [9.17, 15) is 4.79 Å². The summed E-state index contributed by atoms with van der Waals surface area (Å²) in [4.78, 5) is 17.3. The molecule has 3 rings (SSSR count). The molecule has 1 aliphatic heterocycles. The van der Waals surface area contributed by atoms with Gasteiger partial charge in [0.25, 0.3) is 0 Å². The van der Waals surface area contributed by atoms with Gasteiger partial charge in [-0.2, -0.15) is 0 Å². The van der Waals surface area contributed by atoms with Gasteiger partial charge in [-0.1, -0.05) is 48.5 Å². The van der Waals surface area contributed by atoms with Gasteiger partial charge in [-0.3, -0.25) is 4.79 Å². The van der Waals surface area contributed by atoms with E-state index in [4.69, 9.17) is 0 Å². The minimum Gasteiger partial charge on any atom is -0.309 e. The Hall–Kier alpha value is -2.13. The second kappa shape index (κ2) is 6.17. The van der Waals surface area contributed by atoms with E-state index < -0.39 is 5.41 Å². The maximum atomic E-state index is 13.2. The van der Waals surface area contributed by atoms with Gasteiger partial charge in [0.2, 0.25) is 5.91 Å². The number of amides is 1. The molecule has 2 aromatic carbocycles. The summed E-state index contributed by atoms with van der Waals surface area (Å²) >= 11 is 0. The Labute approximate surface area is 138 Å². The fourth-order valence-corrected chi connectivity index (χ4v) is 3.31. The molecule has 1 heterocycles. The minimum atomic E-state index is -0.435. The molecule has 2 aromatic rings. The molecular weight excluding hydrogens is 284 g/mol. The lowest BCUT2D eigenvalue weighted by Gasteiger charge is -2.26. The number of para-hydroxylation sites is 1. The normalized spacial score (nSPS) is 20.2. The molecule has 0 spiro atoms. The van der Waals surface area contributed by atoms with Gasteiger partial charge < -0.3 is 9.80 Å². The van der Waals surface area contributed by atoms with Gasteiger partial charge in [-0.15, -0.1) is 0 Å². The van der Waals surface area contributed by atoms with Crippen molar-refractivity contribution in [1.29, 1.82) is 0 Å². The summed E-state index contributed by atoms with van der Waals surface area (Å²) in [7, 11) is 4.10. The standard InChI is InChI=1S/C20H24N2O/c1-20(13-14-21(2)3)17-11-7-8-12-18(17)22(19(20)23)15-16-9-5-4-6-10-16/h4-12H,13-15H2,1-3H3. The molecule has 0 fully saturated rings. The third kappa shape index (κ3) is 2.89. The van der Waals surface area contributed by atoms with E-state index in [1.165, 1.54) is 0 Å². The summed E-state index contributed by atoms with van der Waals surface area (Å²) < 4.78 is 0. The van der Waals surface area contributed by atoms with Crippen LogP contribution in [0.15, 0.2) is 54.6 Å². The number of fused-ring (bicyclic) bond motifs is 1. The number of nitrogens with zero attached hydrogens (tertiary/aromatic N) is 2. The maximum Gasteiger partial charge on any atom is 0.237 e. The van der Waals surface area contributed by atoms with Crippen molar-refractivity contribution in [3.63, 3.8) is 0 Å². The number of hydrogen-bond acceptors (Lipinski definition) is 2. The van der Waals surface area contributed by atoms with Crippen LogP contribution in [-0.4, -0.2) is 31.4 Å². The molecule has 0 aliphatic carbocycles. The summed E-state index contributed by atoms with van der Waals surface area (Å²) in [6.45, 7) is 3.62. The lowest BCUT2D eigenvalue weighted by Crippen LogP contribution is -2.39. The van der Waals surface area contributed by atoms with Crippen molar-refractivity contribution in [2.24, 2.45) is 0 Å². The average Bonchev–Trinajstić information content (AvgIpc) is 2.77. The van der Waals surface area contributed by atoms with Crippen LogP contribution in [0.3, 0.4) is 0 Å². The van der Waals surface area contributed by atoms with Crippen molar-refractivity contribution >= 4 is 11.6 Å². The van der Waals surface area contributed by atoms with Crippen LogP contribution in [0.4, 0.5) is 5.69 Å². The van der Waals surface area contributed by atoms with Gasteiger partial charge in [-0.05, 0) is 51.2 Å². The molecule has 1 unspecified atom stereocenters. The maximum absolute atomic E-state index is 13.2. The zero-order chi connectivity index (χ0) is 16.4. The van der Waals surface area contributed by atoms with Crippen LogP contribution < -0.4 is 4.90 Å². The number of anilines is 1. The van der Waals surface area contributed by atoms with E-state index in [1.54, 1.807) is 0 Å². The lowest BCUT2D eigenvalue weighted by molar-refractivity contribution is -0.123. The second-order valence-corrected chi connectivity index (χ2v) is 6.78. The highest BCUT2D eigenvalue weighted by molar-refractivity contribution is 6.07. The molecule has 1 atom stereocenters. The Balaban J connectivity index is 1.95. The third-order valence-electron chi connectivity index (χ3n) is 4.75. The monoisotopic (exact) mass is 308 g/mol.